The lowest BCUT2D eigenvalue weighted by Crippen LogP contribution is -2.48. The molecule has 156 valence electrons. The van der Waals surface area contributed by atoms with Gasteiger partial charge in [0.2, 0.25) is 0 Å². The summed E-state index contributed by atoms with van der Waals surface area (Å²) in [4.78, 5) is 15.3. The Morgan fingerprint density at radius 1 is 1.25 bits per heavy atom. The van der Waals surface area contributed by atoms with Gasteiger partial charge in [0.25, 0.3) is 5.69 Å². The van der Waals surface area contributed by atoms with Gasteiger partial charge in [0.15, 0.2) is 11.5 Å². The van der Waals surface area contributed by atoms with Crippen LogP contribution < -0.4 is 9.47 Å². The number of nitro benzene ring substituents is 1. The van der Waals surface area contributed by atoms with Gasteiger partial charge in [0.05, 0.1) is 24.2 Å². The molecule has 2 aliphatic heterocycles. The van der Waals surface area contributed by atoms with Gasteiger partial charge in [0, 0.05) is 51.4 Å². The summed E-state index contributed by atoms with van der Waals surface area (Å²) in [5, 5.41) is 11.4. The Labute approximate surface area is 162 Å². The minimum absolute atomic E-state index is 0.0536. The number of piperazine rings is 1. The molecule has 2 fully saturated rings. The number of hydrogen-bond acceptors (Lipinski definition) is 7. The lowest BCUT2D eigenvalue weighted by Gasteiger charge is -2.35. The van der Waals surface area contributed by atoms with Crippen molar-refractivity contribution in [3.8, 4) is 11.5 Å². The van der Waals surface area contributed by atoms with Crippen LogP contribution in [0.1, 0.15) is 18.4 Å². The van der Waals surface area contributed by atoms with Crippen molar-refractivity contribution in [2.75, 3.05) is 46.4 Å². The average molecular weight is 401 g/mol. The van der Waals surface area contributed by atoms with Crippen molar-refractivity contribution < 1.29 is 27.9 Å². The quantitative estimate of drug-likeness (QED) is 0.489. The summed E-state index contributed by atoms with van der Waals surface area (Å²) in [6.45, 7) is 2.26. The third kappa shape index (κ3) is 5.27. The van der Waals surface area contributed by atoms with Gasteiger partial charge in [-0.2, -0.15) is 8.78 Å². The van der Waals surface area contributed by atoms with Crippen LogP contribution >= 0.6 is 0 Å². The molecule has 2 heterocycles. The summed E-state index contributed by atoms with van der Waals surface area (Å²) < 4.78 is 40.2. The predicted octanol–water partition coefficient (Wildman–Crippen LogP) is 2.50. The molecule has 0 spiro atoms. The van der Waals surface area contributed by atoms with Crippen molar-refractivity contribution in [1.82, 2.24) is 9.80 Å². The number of benzene rings is 1. The number of alkyl halides is 2. The van der Waals surface area contributed by atoms with Crippen molar-refractivity contribution in [2.45, 2.75) is 32.1 Å². The monoisotopic (exact) mass is 401 g/mol. The van der Waals surface area contributed by atoms with Crippen LogP contribution in [-0.2, 0) is 11.3 Å². The molecule has 28 heavy (non-hydrogen) atoms. The van der Waals surface area contributed by atoms with E-state index in [0.717, 1.165) is 58.2 Å². The Balaban J connectivity index is 1.65. The SMILES string of the molecule is COc1cc(CN2CCN(CC3CCCO3)CC2)c([N+](=O)[O-])cc1OC(F)F. The molecule has 2 saturated heterocycles. The molecule has 3 rings (SSSR count). The average Bonchev–Trinajstić information content (AvgIpc) is 3.16. The van der Waals surface area contributed by atoms with Crippen molar-refractivity contribution in [2.24, 2.45) is 0 Å². The van der Waals surface area contributed by atoms with Gasteiger partial charge < -0.3 is 14.2 Å². The number of ether oxygens (including phenoxy) is 3. The second kappa shape index (κ2) is 9.44. The van der Waals surface area contributed by atoms with Gasteiger partial charge in [-0.3, -0.25) is 19.9 Å². The maximum atomic E-state index is 12.6. The fourth-order valence-corrected chi connectivity index (χ4v) is 3.68. The first-order valence-electron chi connectivity index (χ1n) is 9.32. The highest BCUT2D eigenvalue weighted by molar-refractivity contribution is 5.54. The first-order valence-corrected chi connectivity index (χ1v) is 9.32. The van der Waals surface area contributed by atoms with Crippen LogP contribution in [-0.4, -0.2) is 73.9 Å². The third-order valence-corrected chi connectivity index (χ3v) is 5.12. The molecule has 0 amide bonds. The fraction of sp³-hybridized carbons (Fsp3) is 0.667. The van der Waals surface area contributed by atoms with Crippen LogP contribution in [0.5, 0.6) is 11.5 Å². The van der Waals surface area contributed by atoms with E-state index in [0.29, 0.717) is 18.2 Å². The molecule has 0 N–H and O–H groups in total. The summed E-state index contributed by atoms with van der Waals surface area (Å²) in [5.41, 5.74) is 0.161. The molecule has 0 radical (unpaired) electrons. The fourth-order valence-electron chi connectivity index (χ4n) is 3.68. The molecule has 0 aliphatic carbocycles. The zero-order chi connectivity index (χ0) is 20.1. The number of nitrogens with zero attached hydrogens (tertiary/aromatic N) is 3. The van der Waals surface area contributed by atoms with Gasteiger partial charge in [-0.25, -0.2) is 0 Å². The van der Waals surface area contributed by atoms with Gasteiger partial charge in [-0.15, -0.1) is 0 Å². The zero-order valence-corrected chi connectivity index (χ0v) is 15.8. The molecule has 0 aromatic heterocycles. The van der Waals surface area contributed by atoms with E-state index in [4.69, 9.17) is 9.47 Å². The van der Waals surface area contributed by atoms with Crippen molar-refractivity contribution in [3.63, 3.8) is 0 Å². The second-order valence-corrected chi connectivity index (χ2v) is 6.98. The Kier molecular flexibility index (Phi) is 6.97. The zero-order valence-electron chi connectivity index (χ0n) is 15.8. The molecular formula is C18H25F2N3O5. The van der Waals surface area contributed by atoms with Crippen LogP contribution in [0.4, 0.5) is 14.5 Å². The lowest BCUT2D eigenvalue weighted by molar-refractivity contribution is -0.385. The second-order valence-electron chi connectivity index (χ2n) is 6.98. The Hall–Kier alpha value is -2.04. The highest BCUT2D eigenvalue weighted by atomic mass is 19.3. The Morgan fingerprint density at radius 3 is 2.54 bits per heavy atom. The van der Waals surface area contributed by atoms with Crippen LogP contribution in [0, 0.1) is 10.1 Å². The Bertz CT molecular complexity index is 677. The summed E-state index contributed by atoms with van der Waals surface area (Å²) in [5.74, 6) is -0.285. The van der Waals surface area contributed by atoms with E-state index < -0.39 is 11.5 Å². The summed E-state index contributed by atoms with van der Waals surface area (Å²) in [7, 11) is 1.31. The molecule has 1 aromatic rings. The Morgan fingerprint density at radius 2 is 1.96 bits per heavy atom. The smallest absolute Gasteiger partial charge is 0.387 e. The van der Waals surface area contributed by atoms with Gasteiger partial charge >= 0.3 is 6.61 Å². The van der Waals surface area contributed by atoms with Crippen LogP contribution in [0.25, 0.3) is 0 Å². The maximum Gasteiger partial charge on any atom is 0.387 e. The molecule has 2 aliphatic rings. The number of halogens is 2. The van der Waals surface area contributed by atoms with Gasteiger partial charge in [0.1, 0.15) is 0 Å². The predicted molar refractivity (Wildman–Crippen MR) is 97.0 cm³/mol. The lowest BCUT2D eigenvalue weighted by atomic mass is 10.1. The highest BCUT2D eigenvalue weighted by Gasteiger charge is 2.26. The maximum absolute atomic E-state index is 12.6. The molecule has 1 atom stereocenters. The normalized spacial score (nSPS) is 21.2. The summed E-state index contributed by atoms with van der Waals surface area (Å²) >= 11 is 0. The molecule has 1 aromatic carbocycles. The number of nitro groups is 1. The first-order chi connectivity index (χ1) is 13.5. The summed E-state index contributed by atoms with van der Waals surface area (Å²) in [6.07, 6.45) is 2.51. The van der Waals surface area contributed by atoms with E-state index in [2.05, 4.69) is 14.5 Å². The molecule has 1 unspecified atom stereocenters. The standard InChI is InChI=1S/C18H25F2N3O5/c1-26-16-9-13(15(23(24)25)10-17(16)28-18(19)20)11-21-4-6-22(7-5-21)12-14-3-2-8-27-14/h9-10,14,18H,2-8,11-12H2,1H3. The number of rotatable bonds is 8. The topological polar surface area (TPSA) is 77.3 Å². The van der Waals surface area contributed by atoms with Crippen molar-refractivity contribution >= 4 is 5.69 Å². The molecule has 0 bridgehead atoms. The minimum Gasteiger partial charge on any atom is -0.493 e. The van der Waals surface area contributed by atoms with Crippen LogP contribution in [0.3, 0.4) is 0 Å². The summed E-state index contributed by atoms with van der Waals surface area (Å²) in [6, 6.07) is 2.42. The van der Waals surface area contributed by atoms with Crippen molar-refractivity contribution in [1.29, 1.82) is 0 Å². The largest absolute Gasteiger partial charge is 0.493 e. The number of methoxy groups -OCH3 is 1. The first kappa shape index (κ1) is 20.7. The molecule has 10 heteroatoms. The van der Waals surface area contributed by atoms with E-state index in [1.165, 1.54) is 13.2 Å². The van der Waals surface area contributed by atoms with E-state index in [1.54, 1.807) is 0 Å². The number of hydrogen-bond donors (Lipinski definition) is 0. The van der Waals surface area contributed by atoms with Crippen LogP contribution in [0.15, 0.2) is 12.1 Å². The van der Waals surface area contributed by atoms with E-state index in [-0.39, 0.29) is 17.2 Å². The van der Waals surface area contributed by atoms with E-state index in [9.17, 15) is 18.9 Å². The van der Waals surface area contributed by atoms with Gasteiger partial charge in [-0.05, 0) is 18.9 Å². The third-order valence-electron chi connectivity index (χ3n) is 5.12. The molecule has 8 nitrogen and oxygen atoms in total. The minimum atomic E-state index is -3.09. The van der Waals surface area contributed by atoms with E-state index in [1.807, 2.05) is 0 Å². The van der Waals surface area contributed by atoms with Crippen molar-refractivity contribution in [3.05, 3.63) is 27.8 Å². The molecular weight excluding hydrogens is 376 g/mol. The molecule has 0 saturated carbocycles. The van der Waals surface area contributed by atoms with Gasteiger partial charge in [-0.1, -0.05) is 0 Å². The highest BCUT2D eigenvalue weighted by Crippen LogP contribution is 2.36. The van der Waals surface area contributed by atoms with E-state index >= 15 is 0 Å². The van der Waals surface area contributed by atoms with Crippen LogP contribution in [0.2, 0.25) is 0 Å².